The third-order valence-electron chi connectivity index (χ3n) is 4.94. The van der Waals surface area contributed by atoms with Gasteiger partial charge in [-0.25, -0.2) is 18.0 Å². The number of rotatable bonds is 8. The Bertz CT molecular complexity index is 1080. The van der Waals surface area contributed by atoms with Crippen molar-refractivity contribution in [2.75, 3.05) is 13.2 Å². The maximum Gasteiger partial charge on any atom is 0.341 e. The van der Waals surface area contributed by atoms with E-state index < -0.39 is 59.1 Å². The Balaban J connectivity index is 1.98. The first-order valence-corrected chi connectivity index (χ1v) is 10.1. The molecule has 0 bridgehead atoms. The molecule has 0 spiro atoms. The van der Waals surface area contributed by atoms with Crippen LogP contribution in [0, 0.1) is 17.5 Å². The first kappa shape index (κ1) is 24.0. The fraction of sp³-hybridized carbons (Fsp3) is 0.200. The SMILES string of the molecule is CCOC(=O)c1cc(F)c(C(CO)C(=O)OC(c2ccccc2)c2ccccc2)c(F)c1F. The van der Waals surface area contributed by atoms with Crippen LogP contribution in [-0.2, 0) is 14.3 Å². The van der Waals surface area contributed by atoms with Crippen LogP contribution in [0.3, 0.4) is 0 Å². The van der Waals surface area contributed by atoms with Crippen LogP contribution in [0.15, 0.2) is 66.7 Å². The lowest BCUT2D eigenvalue weighted by Gasteiger charge is -2.23. The molecule has 0 fully saturated rings. The lowest BCUT2D eigenvalue weighted by Crippen LogP contribution is -2.25. The molecule has 3 rings (SSSR count). The number of esters is 2. The lowest BCUT2D eigenvalue weighted by atomic mass is 9.96. The highest BCUT2D eigenvalue weighted by Crippen LogP contribution is 2.32. The zero-order chi connectivity index (χ0) is 24.0. The minimum Gasteiger partial charge on any atom is -0.462 e. The first-order valence-electron chi connectivity index (χ1n) is 10.1. The average molecular weight is 458 g/mol. The van der Waals surface area contributed by atoms with E-state index in [4.69, 9.17) is 4.74 Å². The van der Waals surface area contributed by atoms with Crippen molar-refractivity contribution < 1.29 is 37.3 Å². The third-order valence-corrected chi connectivity index (χ3v) is 4.94. The number of hydrogen-bond donors (Lipinski definition) is 1. The maximum atomic E-state index is 14.8. The van der Waals surface area contributed by atoms with E-state index in [1.165, 1.54) is 6.92 Å². The Hall–Kier alpha value is -3.65. The van der Waals surface area contributed by atoms with Gasteiger partial charge in [-0.3, -0.25) is 4.79 Å². The van der Waals surface area contributed by atoms with Crippen LogP contribution in [0.2, 0.25) is 0 Å². The number of aliphatic hydroxyl groups excluding tert-OH is 1. The Morgan fingerprint density at radius 3 is 1.94 bits per heavy atom. The number of hydrogen-bond acceptors (Lipinski definition) is 5. The van der Waals surface area contributed by atoms with Crippen LogP contribution >= 0.6 is 0 Å². The first-order chi connectivity index (χ1) is 15.9. The van der Waals surface area contributed by atoms with Gasteiger partial charge in [0.2, 0.25) is 0 Å². The zero-order valence-corrected chi connectivity index (χ0v) is 17.6. The standard InChI is InChI=1S/C25H21F3O5/c1-2-32-24(30)17-13-19(26)20(22(28)21(17)27)18(14-29)25(31)33-23(15-9-5-3-6-10-15)16-11-7-4-8-12-16/h3-13,18,23,29H,2,14H2,1H3. The van der Waals surface area contributed by atoms with Gasteiger partial charge in [0, 0.05) is 5.56 Å². The fourth-order valence-corrected chi connectivity index (χ4v) is 3.35. The van der Waals surface area contributed by atoms with Crippen molar-refractivity contribution in [2.24, 2.45) is 0 Å². The van der Waals surface area contributed by atoms with Crippen molar-refractivity contribution in [3.8, 4) is 0 Å². The molecule has 0 aliphatic heterocycles. The summed E-state index contributed by atoms with van der Waals surface area (Å²) in [6, 6.07) is 17.7. The van der Waals surface area contributed by atoms with Gasteiger partial charge in [0.1, 0.15) is 17.3 Å². The molecule has 0 heterocycles. The normalized spacial score (nSPS) is 11.8. The predicted octanol–water partition coefficient (Wildman–Crippen LogP) is 4.69. The molecule has 0 saturated carbocycles. The summed E-state index contributed by atoms with van der Waals surface area (Å²) >= 11 is 0. The lowest BCUT2D eigenvalue weighted by molar-refractivity contribution is -0.150. The van der Waals surface area contributed by atoms with E-state index in [0.717, 1.165) is 0 Å². The largest absolute Gasteiger partial charge is 0.462 e. The fourth-order valence-electron chi connectivity index (χ4n) is 3.35. The second-order valence-corrected chi connectivity index (χ2v) is 7.04. The van der Waals surface area contributed by atoms with Gasteiger partial charge in [0.05, 0.1) is 13.2 Å². The average Bonchev–Trinajstić information content (AvgIpc) is 2.83. The molecule has 0 amide bonds. The van der Waals surface area contributed by atoms with Crippen LogP contribution in [0.4, 0.5) is 13.2 Å². The minimum absolute atomic E-state index is 0.130. The molecular weight excluding hydrogens is 437 g/mol. The summed E-state index contributed by atoms with van der Waals surface area (Å²) in [4.78, 5) is 24.7. The third kappa shape index (κ3) is 5.23. The smallest absolute Gasteiger partial charge is 0.341 e. The van der Waals surface area contributed by atoms with Gasteiger partial charge in [-0.2, -0.15) is 0 Å². The molecule has 0 saturated heterocycles. The van der Waals surface area contributed by atoms with Crippen molar-refractivity contribution >= 4 is 11.9 Å². The van der Waals surface area contributed by atoms with E-state index in [1.807, 2.05) is 0 Å². The monoisotopic (exact) mass is 458 g/mol. The number of carbonyl (C=O) groups is 2. The second kappa shape index (κ2) is 10.8. The van der Waals surface area contributed by atoms with Gasteiger partial charge >= 0.3 is 11.9 Å². The zero-order valence-electron chi connectivity index (χ0n) is 17.6. The Morgan fingerprint density at radius 1 is 0.909 bits per heavy atom. The van der Waals surface area contributed by atoms with Crippen molar-refractivity contribution in [1.29, 1.82) is 0 Å². The summed E-state index contributed by atoms with van der Waals surface area (Å²) in [5, 5.41) is 9.76. The summed E-state index contributed by atoms with van der Waals surface area (Å²) in [6.07, 6.45) is -0.941. The highest BCUT2D eigenvalue weighted by atomic mass is 19.2. The van der Waals surface area contributed by atoms with Crippen LogP contribution < -0.4 is 0 Å². The molecular formula is C25H21F3O5. The number of aliphatic hydroxyl groups is 1. The quantitative estimate of drug-likeness (QED) is 0.392. The molecule has 0 radical (unpaired) electrons. The molecule has 0 aliphatic carbocycles. The molecule has 1 unspecified atom stereocenters. The van der Waals surface area contributed by atoms with E-state index in [-0.39, 0.29) is 6.61 Å². The van der Waals surface area contributed by atoms with Gasteiger partial charge in [-0.1, -0.05) is 60.7 Å². The molecule has 0 aromatic heterocycles. The molecule has 33 heavy (non-hydrogen) atoms. The predicted molar refractivity (Wildman–Crippen MR) is 113 cm³/mol. The molecule has 1 N–H and O–H groups in total. The highest BCUT2D eigenvalue weighted by Gasteiger charge is 2.34. The van der Waals surface area contributed by atoms with E-state index >= 15 is 0 Å². The number of benzene rings is 3. The van der Waals surface area contributed by atoms with Gasteiger partial charge in [0.15, 0.2) is 17.7 Å². The Morgan fingerprint density at radius 2 is 1.45 bits per heavy atom. The van der Waals surface area contributed by atoms with Crippen LogP contribution in [0.25, 0.3) is 0 Å². The van der Waals surface area contributed by atoms with Crippen LogP contribution in [-0.4, -0.2) is 30.3 Å². The van der Waals surface area contributed by atoms with E-state index in [1.54, 1.807) is 60.7 Å². The summed E-state index contributed by atoms with van der Waals surface area (Å²) in [6.45, 7) is 0.265. The summed E-state index contributed by atoms with van der Waals surface area (Å²) in [5.74, 6) is -9.13. The van der Waals surface area contributed by atoms with Crippen LogP contribution in [0.1, 0.15) is 46.0 Å². The van der Waals surface area contributed by atoms with Crippen molar-refractivity contribution in [1.82, 2.24) is 0 Å². The van der Waals surface area contributed by atoms with Gasteiger partial charge in [-0.15, -0.1) is 0 Å². The van der Waals surface area contributed by atoms with Gasteiger partial charge in [0.25, 0.3) is 0 Å². The minimum atomic E-state index is -1.87. The number of ether oxygens (including phenoxy) is 2. The van der Waals surface area contributed by atoms with E-state index in [0.29, 0.717) is 17.2 Å². The highest BCUT2D eigenvalue weighted by molar-refractivity contribution is 5.90. The van der Waals surface area contributed by atoms with Gasteiger partial charge in [-0.05, 0) is 24.1 Å². The molecule has 1 atom stereocenters. The molecule has 5 nitrogen and oxygen atoms in total. The molecule has 172 valence electrons. The number of carbonyl (C=O) groups excluding carboxylic acids is 2. The van der Waals surface area contributed by atoms with Crippen LogP contribution in [0.5, 0.6) is 0 Å². The topological polar surface area (TPSA) is 72.8 Å². The summed E-state index contributed by atoms with van der Waals surface area (Å²) in [5.41, 5.74) is -0.822. The van der Waals surface area contributed by atoms with Gasteiger partial charge < -0.3 is 14.6 Å². The van der Waals surface area contributed by atoms with Crippen molar-refractivity contribution in [3.05, 3.63) is 106 Å². The molecule has 8 heteroatoms. The maximum absolute atomic E-state index is 14.8. The van der Waals surface area contributed by atoms with E-state index in [2.05, 4.69) is 4.74 Å². The molecule has 3 aromatic carbocycles. The Labute approximate surface area is 188 Å². The number of halogens is 3. The second-order valence-electron chi connectivity index (χ2n) is 7.04. The van der Waals surface area contributed by atoms with E-state index in [9.17, 15) is 27.9 Å². The Kier molecular flexibility index (Phi) is 7.84. The molecule has 0 aliphatic rings. The molecule has 3 aromatic rings. The van der Waals surface area contributed by atoms with Crippen molar-refractivity contribution in [3.63, 3.8) is 0 Å². The van der Waals surface area contributed by atoms with Crippen molar-refractivity contribution in [2.45, 2.75) is 18.9 Å². The summed E-state index contributed by atoms with van der Waals surface area (Å²) in [7, 11) is 0. The summed E-state index contributed by atoms with van der Waals surface area (Å²) < 4.78 is 54.1.